The largest absolute Gasteiger partial charge is 0.439 e. The zero-order valence-electron chi connectivity index (χ0n) is 16.4. The Morgan fingerprint density at radius 1 is 1.23 bits per heavy atom. The van der Waals surface area contributed by atoms with Crippen molar-refractivity contribution in [1.82, 2.24) is 20.0 Å². The normalized spacial score (nSPS) is 14.8. The number of H-pyrrole nitrogens is 2. The van der Waals surface area contributed by atoms with E-state index >= 15 is 0 Å². The SMILES string of the molecule is Cc1[nH]c(C(=O)Nc2ccc(-c3noc(=O)[nH]3)cc2N2CCC(NCl)CC2)c(Cl)c1Cl. The van der Waals surface area contributed by atoms with Crippen LogP contribution in [0.4, 0.5) is 11.4 Å². The van der Waals surface area contributed by atoms with Crippen molar-refractivity contribution in [3.63, 3.8) is 0 Å². The third-order valence-electron chi connectivity index (χ3n) is 5.23. The highest BCUT2D eigenvalue weighted by Crippen LogP contribution is 2.34. The minimum atomic E-state index is -0.642. The maximum atomic E-state index is 12.9. The summed E-state index contributed by atoms with van der Waals surface area (Å²) in [5.74, 6) is -0.756. The van der Waals surface area contributed by atoms with E-state index in [0.717, 1.165) is 31.6 Å². The first-order chi connectivity index (χ1) is 14.9. The number of rotatable bonds is 5. The summed E-state index contributed by atoms with van der Waals surface area (Å²) >= 11 is 18.1. The van der Waals surface area contributed by atoms with Crippen molar-refractivity contribution >= 4 is 52.3 Å². The molecule has 3 heterocycles. The number of carbonyl (C=O) groups excluding carboxylic acids is 1. The van der Waals surface area contributed by atoms with Crippen molar-refractivity contribution < 1.29 is 9.32 Å². The van der Waals surface area contributed by atoms with Gasteiger partial charge in [0.15, 0.2) is 5.82 Å². The Hall–Kier alpha value is -2.46. The van der Waals surface area contributed by atoms with Gasteiger partial charge in [0.25, 0.3) is 5.91 Å². The Morgan fingerprint density at radius 2 is 1.97 bits per heavy atom. The van der Waals surface area contributed by atoms with Gasteiger partial charge in [-0.25, -0.2) is 9.63 Å². The van der Waals surface area contributed by atoms with Gasteiger partial charge in [-0.2, -0.15) is 0 Å². The molecule has 31 heavy (non-hydrogen) atoms. The summed E-state index contributed by atoms with van der Waals surface area (Å²) in [6.45, 7) is 3.18. The Labute approximate surface area is 192 Å². The molecule has 3 aromatic rings. The lowest BCUT2D eigenvalue weighted by molar-refractivity contribution is 0.102. The van der Waals surface area contributed by atoms with Gasteiger partial charge in [0, 0.05) is 30.4 Å². The van der Waals surface area contributed by atoms with E-state index in [-0.39, 0.29) is 16.8 Å². The number of piperidine rings is 1. The molecule has 0 atom stereocenters. The van der Waals surface area contributed by atoms with Crippen molar-refractivity contribution in [2.24, 2.45) is 0 Å². The molecule has 12 heteroatoms. The highest BCUT2D eigenvalue weighted by molar-refractivity contribution is 6.44. The summed E-state index contributed by atoms with van der Waals surface area (Å²) in [4.78, 5) is 34.6. The Balaban J connectivity index is 1.68. The van der Waals surface area contributed by atoms with Gasteiger partial charge in [-0.15, -0.1) is 0 Å². The number of benzene rings is 1. The van der Waals surface area contributed by atoms with Crippen LogP contribution in [0.5, 0.6) is 0 Å². The summed E-state index contributed by atoms with van der Waals surface area (Å²) < 4.78 is 4.61. The standard InChI is InChI=1S/C19H19Cl3N6O3/c1-9-14(20)15(21)16(23-9)18(29)24-12-3-2-10(17-25-19(30)31-27-17)8-13(12)28-6-4-11(26-22)5-7-28/h2-3,8,11,23,26H,4-7H2,1H3,(H,24,29)(H,25,27,30). The fraction of sp³-hybridized carbons (Fsp3) is 0.316. The molecular weight excluding hydrogens is 467 g/mol. The molecular formula is C19H19Cl3N6O3. The highest BCUT2D eigenvalue weighted by Gasteiger charge is 2.24. The lowest BCUT2D eigenvalue weighted by Gasteiger charge is -2.34. The Morgan fingerprint density at radius 3 is 2.55 bits per heavy atom. The van der Waals surface area contributed by atoms with Crippen molar-refractivity contribution in [2.75, 3.05) is 23.3 Å². The quantitative estimate of drug-likeness (QED) is 0.407. The number of aromatic amines is 2. The second kappa shape index (κ2) is 8.96. The minimum absolute atomic E-state index is 0.170. The average Bonchev–Trinajstić information content (AvgIpc) is 3.32. The van der Waals surface area contributed by atoms with Crippen LogP contribution in [0, 0.1) is 6.92 Å². The second-order valence-corrected chi connectivity index (χ2v) is 8.23. The minimum Gasteiger partial charge on any atom is -0.370 e. The summed E-state index contributed by atoms with van der Waals surface area (Å²) in [6, 6.07) is 5.53. The van der Waals surface area contributed by atoms with Crippen LogP contribution in [0.3, 0.4) is 0 Å². The molecule has 1 aromatic carbocycles. The van der Waals surface area contributed by atoms with E-state index in [2.05, 4.69) is 34.7 Å². The molecule has 1 aliphatic heterocycles. The number of nitrogens with one attached hydrogen (secondary N) is 4. The van der Waals surface area contributed by atoms with E-state index < -0.39 is 11.7 Å². The predicted octanol–water partition coefficient (Wildman–Crippen LogP) is 3.94. The molecule has 0 unspecified atom stereocenters. The van der Waals surface area contributed by atoms with Gasteiger partial charge in [-0.05, 0) is 49.7 Å². The summed E-state index contributed by atoms with van der Waals surface area (Å²) in [6.07, 6.45) is 1.67. The first-order valence-electron chi connectivity index (χ1n) is 9.53. The molecule has 4 rings (SSSR count). The lowest BCUT2D eigenvalue weighted by atomic mass is 10.0. The molecule has 1 saturated heterocycles. The van der Waals surface area contributed by atoms with Crippen LogP contribution in [0.2, 0.25) is 10.0 Å². The van der Waals surface area contributed by atoms with Gasteiger partial charge in [0.1, 0.15) is 5.69 Å². The second-order valence-electron chi connectivity index (χ2n) is 7.25. The van der Waals surface area contributed by atoms with Crippen molar-refractivity contribution in [2.45, 2.75) is 25.8 Å². The number of halogens is 3. The zero-order valence-corrected chi connectivity index (χ0v) is 18.7. The Bertz CT molecular complexity index is 1160. The van der Waals surface area contributed by atoms with Crippen LogP contribution >= 0.6 is 35.0 Å². The average molecular weight is 486 g/mol. The number of hydrogen-bond acceptors (Lipinski definition) is 6. The number of aryl methyl sites for hydroxylation is 1. The molecule has 4 N–H and O–H groups in total. The van der Waals surface area contributed by atoms with Gasteiger partial charge in [-0.1, -0.05) is 28.4 Å². The van der Waals surface area contributed by atoms with E-state index in [9.17, 15) is 9.59 Å². The number of aromatic nitrogens is 3. The van der Waals surface area contributed by atoms with Gasteiger partial charge in [0.05, 0.1) is 21.4 Å². The van der Waals surface area contributed by atoms with Crippen LogP contribution in [0.25, 0.3) is 11.4 Å². The first kappa shape index (κ1) is 21.8. The summed E-state index contributed by atoms with van der Waals surface area (Å²) in [7, 11) is 0. The van der Waals surface area contributed by atoms with Gasteiger partial charge >= 0.3 is 5.76 Å². The van der Waals surface area contributed by atoms with Crippen LogP contribution < -0.4 is 20.8 Å². The van der Waals surface area contributed by atoms with Crippen LogP contribution in [-0.2, 0) is 0 Å². The van der Waals surface area contributed by atoms with E-state index in [1.54, 1.807) is 19.1 Å². The van der Waals surface area contributed by atoms with E-state index in [0.29, 0.717) is 27.8 Å². The van der Waals surface area contributed by atoms with E-state index in [1.807, 2.05) is 6.07 Å². The maximum Gasteiger partial charge on any atom is 0.439 e. The third-order valence-corrected chi connectivity index (χ3v) is 6.49. The molecule has 2 aromatic heterocycles. The molecule has 1 aliphatic rings. The molecule has 9 nitrogen and oxygen atoms in total. The van der Waals surface area contributed by atoms with Gasteiger partial charge in [0.2, 0.25) is 0 Å². The number of anilines is 2. The van der Waals surface area contributed by atoms with Gasteiger partial charge < -0.3 is 15.2 Å². The number of amides is 1. The smallest absolute Gasteiger partial charge is 0.370 e. The van der Waals surface area contributed by atoms with Crippen LogP contribution in [0.15, 0.2) is 27.5 Å². The van der Waals surface area contributed by atoms with Crippen molar-refractivity contribution in [1.29, 1.82) is 0 Å². The highest BCUT2D eigenvalue weighted by atomic mass is 35.5. The fourth-order valence-corrected chi connectivity index (χ4v) is 4.18. The van der Waals surface area contributed by atoms with E-state index in [1.165, 1.54) is 0 Å². The molecule has 1 amide bonds. The molecule has 0 bridgehead atoms. The molecule has 164 valence electrons. The summed E-state index contributed by atoms with van der Waals surface area (Å²) in [5.41, 5.74) is 2.79. The monoisotopic (exact) mass is 484 g/mol. The van der Waals surface area contributed by atoms with Crippen LogP contribution in [-0.4, -0.2) is 40.2 Å². The topological polar surface area (TPSA) is 119 Å². The lowest BCUT2D eigenvalue weighted by Crippen LogP contribution is -2.40. The number of nitrogens with zero attached hydrogens (tertiary/aromatic N) is 2. The predicted molar refractivity (Wildman–Crippen MR) is 120 cm³/mol. The zero-order chi connectivity index (χ0) is 22.1. The fourth-order valence-electron chi connectivity index (χ4n) is 3.54. The third kappa shape index (κ3) is 4.45. The van der Waals surface area contributed by atoms with Crippen molar-refractivity contribution in [3.05, 3.63) is 50.2 Å². The van der Waals surface area contributed by atoms with Crippen LogP contribution in [0.1, 0.15) is 29.0 Å². The molecule has 1 fully saturated rings. The number of carbonyl (C=O) groups is 1. The maximum absolute atomic E-state index is 12.9. The van der Waals surface area contributed by atoms with E-state index in [4.69, 9.17) is 35.0 Å². The molecule has 0 spiro atoms. The number of hydrogen-bond donors (Lipinski definition) is 4. The summed E-state index contributed by atoms with van der Waals surface area (Å²) in [5, 5.41) is 7.13. The molecule has 0 saturated carbocycles. The Kier molecular flexibility index (Phi) is 6.29. The van der Waals surface area contributed by atoms with Gasteiger partial charge in [-0.3, -0.25) is 14.3 Å². The molecule has 0 radical (unpaired) electrons. The molecule has 0 aliphatic carbocycles. The first-order valence-corrected chi connectivity index (χ1v) is 10.7. The van der Waals surface area contributed by atoms with Crippen molar-refractivity contribution in [3.8, 4) is 11.4 Å².